The van der Waals surface area contributed by atoms with Crippen molar-refractivity contribution >= 4 is 5.78 Å². The molecule has 0 atom stereocenters. The Morgan fingerprint density at radius 3 is 2.35 bits per heavy atom. The average Bonchev–Trinajstić information content (AvgIpc) is 2.15. The Morgan fingerprint density at radius 2 is 1.88 bits per heavy atom. The molecule has 94 valence electrons. The third-order valence-corrected chi connectivity index (χ3v) is 2.19. The Morgan fingerprint density at radius 1 is 1.29 bits per heavy atom. The Bertz CT molecular complexity index is 421. The number of hydrogen-bond donors (Lipinski definition) is 0. The van der Waals surface area contributed by atoms with E-state index in [0.717, 1.165) is 6.07 Å². The molecule has 0 spiro atoms. The van der Waals surface area contributed by atoms with Gasteiger partial charge in [0, 0.05) is 12.0 Å². The van der Waals surface area contributed by atoms with Gasteiger partial charge in [0.1, 0.15) is 5.82 Å². The zero-order chi connectivity index (χ0) is 13.2. The summed E-state index contributed by atoms with van der Waals surface area (Å²) in [6.45, 7) is 3.57. The molecule has 0 unspecified atom stereocenters. The van der Waals surface area contributed by atoms with Crippen molar-refractivity contribution in [3.8, 4) is 0 Å². The van der Waals surface area contributed by atoms with Crippen molar-refractivity contribution < 1.29 is 22.4 Å². The molecule has 0 saturated heterocycles. The average molecular weight is 248 g/mol. The lowest BCUT2D eigenvalue weighted by Gasteiger charge is -2.10. The van der Waals surface area contributed by atoms with Gasteiger partial charge in [0.25, 0.3) is 0 Å². The molecule has 1 aromatic rings. The van der Waals surface area contributed by atoms with Gasteiger partial charge in [-0.05, 0) is 24.1 Å². The number of hydrogen-bond acceptors (Lipinski definition) is 1. The Hall–Kier alpha value is -1.39. The van der Waals surface area contributed by atoms with Crippen LogP contribution in [0.15, 0.2) is 18.2 Å². The summed E-state index contributed by atoms with van der Waals surface area (Å²) in [4.78, 5) is 11.6. The van der Waals surface area contributed by atoms with Gasteiger partial charge in [0.2, 0.25) is 0 Å². The lowest BCUT2D eigenvalue weighted by Crippen LogP contribution is -2.11. The molecule has 17 heavy (non-hydrogen) atoms. The van der Waals surface area contributed by atoms with Crippen LogP contribution in [0.3, 0.4) is 0 Å². The highest BCUT2D eigenvalue weighted by atomic mass is 19.4. The summed E-state index contributed by atoms with van der Waals surface area (Å²) in [5.41, 5.74) is -1.50. The standard InChI is InChI=1S/C12H12F4O/c1-7(2)5-11(17)8-3-4-10(13)9(6-8)12(14,15)16/h3-4,6-7H,5H2,1-2H3. The van der Waals surface area contributed by atoms with E-state index in [1.165, 1.54) is 0 Å². The molecule has 0 radical (unpaired) electrons. The van der Waals surface area contributed by atoms with Gasteiger partial charge in [-0.25, -0.2) is 4.39 Å². The van der Waals surface area contributed by atoms with Gasteiger partial charge in [-0.15, -0.1) is 0 Å². The van der Waals surface area contributed by atoms with E-state index in [1.54, 1.807) is 13.8 Å². The van der Waals surface area contributed by atoms with E-state index in [4.69, 9.17) is 0 Å². The first-order valence-corrected chi connectivity index (χ1v) is 5.11. The molecule has 0 N–H and O–H groups in total. The van der Waals surface area contributed by atoms with Gasteiger partial charge < -0.3 is 0 Å². The van der Waals surface area contributed by atoms with Gasteiger partial charge in [-0.1, -0.05) is 13.8 Å². The fraction of sp³-hybridized carbons (Fsp3) is 0.417. The molecular formula is C12H12F4O. The summed E-state index contributed by atoms with van der Waals surface area (Å²) in [5, 5.41) is 0. The van der Waals surface area contributed by atoms with E-state index in [0.29, 0.717) is 12.1 Å². The van der Waals surface area contributed by atoms with Crippen molar-refractivity contribution in [2.75, 3.05) is 0 Å². The highest BCUT2D eigenvalue weighted by Crippen LogP contribution is 2.32. The number of benzene rings is 1. The van der Waals surface area contributed by atoms with E-state index in [9.17, 15) is 22.4 Å². The minimum Gasteiger partial charge on any atom is -0.294 e. The summed E-state index contributed by atoms with van der Waals surface area (Å²) < 4.78 is 50.2. The molecule has 0 aliphatic rings. The maximum atomic E-state index is 13.0. The Balaban J connectivity index is 3.09. The van der Waals surface area contributed by atoms with Crippen LogP contribution in [0.1, 0.15) is 36.2 Å². The van der Waals surface area contributed by atoms with E-state index in [-0.39, 0.29) is 17.9 Å². The predicted octanol–water partition coefficient (Wildman–Crippen LogP) is 4.07. The number of Topliss-reactive ketones (excluding diaryl/α,β-unsaturated/α-hetero) is 1. The van der Waals surface area contributed by atoms with Crippen LogP contribution in [0.5, 0.6) is 0 Å². The summed E-state index contributed by atoms with van der Waals surface area (Å²) in [7, 11) is 0. The second-order valence-electron chi connectivity index (χ2n) is 4.21. The summed E-state index contributed by atoms with van der Waals surface area (Å²) >= 11 is 0. The molecule has 0 aromatic heterocycles. The van der Waals surface area contributed by atoms with Crippen molar-refractivity contribution in [2.24, 2.45) is 5.92 Å². The van der Waals surface area contributed by atoms with E-state index in [2.05, 4.69) is 0 Å². The van der Waals surface area contributed by atoms with Crippen molar-refractivity contribution in [3.63, 3.8) is 0 Å². The topological polar surface area (TPSA) is 17.1 Å². The number of alkyl halides is 3. The summed E-state index contributed by atoms with van der Waals surface area (Å²) in [6, 6.07) is 2.33. The van der Waals surface area contributed by atoms with Gasteiger partial charge in [0.05, 0.1) is 5.56 Å². The van der Waals surface area contributed by atoms with Gasteiger partial charge in [-0.2, -0.15) is 13.2 Å². The molecule has 0 fully saturated rings. The molecule has 0 aliphatic carbocycles. The minimum absolute atomic E-state index is 0.0434. The monoisotopic (exact) mass is 248 g/mol. The third-order valence-electron chi connectivity index (χ3n) is 2.19. The van der Waals surface area contributed by atoms with Crippen LogP contribution in [0.25, 0.3) is 0 Å². The van der Waals surface area contributed by atoms with Gasteiger partial charge in [0.15, 0.2) is 5.78 Å². The maximum Gasteiger partial charge on any atom is 0.419 e. The Labute approximate surface area is 96.4 Å². The molecule has 1 aromatic carbocycles. The molecule has 0 heterocycles. The molecule has 0 bridgehead atoms. The molecular weight excluding hydrogens is 236 g/mol. The highest BCUT2D eigenvalue weighted by Gasteiger charge is 2.34. The first kappa shape index (κ1) is 13.7. The zero-order valence-electron chi connectivity index (χ0n) is 9.44. The van der Waals surface area contributed by atoms with Crippen LogP contribution < -0.4 is 0 Å². The Kier molecular flexibility index (Phi) is 3.91. The van der Waals surface area contributed by atoms with Crippen LogP contribution in [0, 0.1) is 11.7 Å². The normalized spacial score (nSPS) is 11.9. The first-order chi connectivity index (χ1) is 7.71. The molecule has 1 nitrogen and oxygen atoms in total. The van der Waals surface area contributed by atoms with Crippen LogP contribution in [0.2, 0.25) is 0 Å². The molecule has 0 saturated carbocycles. The van der Waals surface area contributed by atoms with E-state index < -0.39 is 23.3 Å². The number of ketones is 1. The van der Waals surface area contributed by atoms with Crippen molar-refractivity contribution in [1.82, 2.24) is 0 Å². The fourth-order valence-electron chi connectivity index (χ4n) is 1.40. The second kappa shape index (κ2) is 4.85. The van der Waals surface area contributed by atoms with Crippen LogP contribution in [-0.4, -0.2) is 5.78 Å². The third kappa shape index (κ3) is 3.54. The van der Waals surface area contributed by atoms with Gasteiger partial charge >= 0.3 is 6.18 Å². The largest absolute Gasteiger partial charge is 0.419 e. The summed E-state index contributed by atoms with van der Waals surface area (Å²) in [6.07, 6.45) is -4.64. The number of carbonyl (C=O) groups excluding carboxylic acids is 1. The number of rotatable bonds is 3. The smallest absolute Gasteiger partial charge is 0.294 e. The number of carbonyl (C=O) groups is 1. The fourth-order valence-corrected chi connectivity index (χ4v) is 1.40. The predicted molar refractivity (Wildman–Crippen MR) is 55.2 cm³/mol. The number of halogens is 4. The maximum absolute atomic E-state index is 13.0. The SMILES string of the molecule is CC(C)CC(=O)c1ccc(F)c(C(F)(F)F)c1. The van der Waals surface area contributed by atoms with Crippen molar-refractivity contribution in [2.45, 2.75) is 26.4 Å². The lowest BCUT2D eigenvalue weighted by molar-refractivity contribution is -0.140. The van der Waals surface area contributed by atoms with E-state index in [1.807, 2.05) is 0 Å². The van der Waals surface area contributed by atoms with E-state index >= 15 is 0 Å². The molecule has 0 amide bonds. The van der Waals surface area contributed by atoms with Crippen LogP contribution >= 0.6 is 0 Å². The second-order valence-corrected chi connectivity index (χ2v) is 4.21. The van der Waals surface area contributed by atoms with Crippen LogP contribution in [0.4, 0.5) is 17.6 Å². The molecule has 0 aliphatic heterocycles. The quantitative estimate of drug-likeness (QED) is 0.582. The molecule has 5 heteroatoms. The van der Waals surface area contributed by atoms with Crippen molar-refractivity contribution in [1.29, 1.82) is 0 Å². The molecule has 1 rings (SSSR count). The zero-order valence-corrected chi connectivity index (χ0v) is 9.44. The summed E-state index contributed by atoms with van der Waals surface area (Å²) in [5.74, 6) is -1.73. The minimum atomic E-state index is -4.78. The first-order valence-electron chi connectivity index (χ1n) is 5.11. The van der Waals surface area contributed by atoms with Gasteiger partial charge in [-0.3, -0.25) is 4.79 Å². The van der Waals surface area contributed by atoms with Crippen LogP contribution in [-0.2, 0) is 6.18 Å². The lowest BCUT2D eigenvalue weighted by atomic mass is 9.99. The van der Waals surface area contributed by atoms with Crippen molar-refractivity contribution in [3.05, 3.63) is 35.1 Å². The highest BCUT2D eigenvalue weighted by molar-refractivity contribution is 5.96.